The molecule has 3 N–H and O–H groups in total. The highest BCUT2D eigenvalue weighted by molar-refractivity contribution is 5.50. The van der Waals surface area contributed by atoms with Crippen LogP contribution in [0.15, 0.2) is 30.3 Å². The molecule has 0 aliphatic carbocycles. The van der Waals surface area contributed by atoms with E-state index in [9.17, 15) is 0 Å². The third-order valence-electron chi connectivity index (χ3n) is 2.27. The number of nitrogens with zero attached hydrogens (tertiary/aromatic N) is 2. The second kappa shape index (κ2) is 3.65. The number of aryl methyl sites for hydroxylation is 1. The molecule has 2 rings (SSSR count). The van der Waals surface area contributed by atoms with Crippen molar-refractivity contribution in [3.8, 4) is 5.69 Å². The summed E-state index contributed by atoms with van der Waals surface area (Å²) in [6.07, 6.45) is 0. The summed E-state index contributed by atoms with van der Waals surface area (Å²) in [4.78, 5) is 0. The van der Waals surface area contributed by atoms with Gasteiger partial charge in [-0.2, -0.15) is 0 Å². The van der Waals surface area contributed by atoms with Crippen molar-refractivity contribution in [3.05, 3.63) is 35.9 Å². The molecule has 0 amide bonds. The van der Waals surface area contributed by atoms with Gasteiger partial charge in [-0.3, -0.25) is 0 Å². The number of anilines is 2. The van der Waals surface area contributed by atoms with Gasteiger partial charge in [-0.05, 0) is 19.1 Å². The number of nitrogens with one attached hydrogen (secondary N) is 1. The Morgan fingerprint density at radius 1 is 1.27 bits per heavy atom. The molecule has 2 aromatic rings. The van der Waals surface area contributed by atoms with Gasteiger partial charge in [0.25, 0.3) is 0 Å². The fourth-order valence-corrected chi connectivity index (χ4v) is 1.41. The highest BCUT2D eigenvalue weighted by Gasteiger charge is 2.04. The molecular formula is C11H14N4. The van der Waals surface area contributed by atoms with Crippen LogP contribution in [-0.2, 0) is 0 Å². The van der Waals surface area contributed by atoms with Crippen LogP contribution in [0.1, 0.15) is 5.56 Å². The summed E-state index contributed by atoms with van der Waals surface area (Å²) >= 11 is 0. The maximum atomic E-state index is 5.85. The Labute approximate surface area is 88.7 Å². The number of rotatable bonds is 2. The molecule has 1 aromatic heterocycles. The predicted molar refractivity (Wildman–Crippen MR) is 62.3 cm³/mol. The average molecular weight is 202 g/mol. The summed E-state index contributed by atoms with van der Waals surface area (Å²) in [5.41, 5.74) is 8.04. The van der Waals surface area contributed by atoms with E-state index in [4.69, 9.17) is 5.73 Å². The van der Waals surface area contributed by atoms with Gasteiger partial charge in [0.1, 0.15) is 11.6 Å². The van der Waals surface area contributed by atoms with E-state index in [0.717, 1.165) is 11.5 Å². The van der Waals surface area contributed by atoms with Gasteiger partial charge in [-0.15, -0.1) is 5.10 Å². The van der Waals surface area contributed by atoms with Crippen molar-refractivity contribution in [2.45, 2.75) is 6.92 Å². The maximum Gasteiger partial charge on any atom is 0.150 e. The van der Waals surface area contributed by atoms with E-state index < -0.39 is 0 Å². The van der Waals surface area contributed by atoms with Gasteiger partial charge in [-0.1, -0.05) is 17.7 Å². The Hall–Kier alpha value is -1.97. The number of benzene rings is 1. The number of nitrogen functional groups attached to an aromatic ring is 1. The van der Waals surface area contributed by atoms with E-state index in [1.165, 1.54) is 5.56 Å². The van der Waals surface area contributed by atoms with Gasteiger partial charge in [0, 0.05) is 13.1 Å². The van der Waals surface area contributed by atoms with E-state index in [0.29, 0.717) is 5.82 Å². The average Bonchev–Trinajstić information content (AvgIpc) is 2.61. The SMILES string of the molecule is CNc1cc(N)n(-c2ccc(C)cc2)n1. The third kappa shape index (κ3) is 1.79. The zero-order valence-corrected chi connectivity index (χ0v) is 8.86. The van der Waals surface area contributed by atoms with Crippen molar-refractivity contribution in [2.75, 3.05) is 18.1 Å². The van der Waals surface area contributed by atoms with Crippen LogP contribution in [0.4, 0.5) is 11.6 Å². The Balaban J connectivity index is 2.44. The standard InChI is InChI=1S/C11H14N4/c1-8-3-5-9(6-4-8)15-10(12)7-11(13-2)14-15/h3-7H,12H2,1-2H3,(H,13,14). The van der Waals surface area contributed by atoms with Crippen LogP contribution in [0.5, 0.6) is 0 Å². The molecule has 0 spiro atoms. The molecule has 15 heavy (non-hydrogen) atoms. The first kappa shape index (κ1) is 9.58. The topological polar surface area (TPSA) is 55.9 Å². The number of hydrogen-bond acceptors (Lipinski definition) is 3. The minimum Gasteiger partial charge on any atom is -0.384 e. The van der Waals surface area contributed by atoms with Crippen molar-refractivity contribution in [3.63, 3.8) is 0 Å². The van der Waals surface area contributed by atoms with Crippen LogP contribution in [0.2, 0.25) is 0 Å². The molecule has 4 heteroatoms. The summed E-state index contributed by atoms with van der Waals surface area (Å²) in [7, 11) is 1.82. The Morgan fingerprint density at radius 2 is 1.93 bits per heavy atom. The third-order valence-corrected chi connectivity index (χ3v) is 2.27. The molecule has 0 saturated carbocycles. The molecule has 1 aromatic carbocycles. The first-order valence-electron chi connectivity index (χ1n) is 4.81. The summed E-state index contributed by atoms with van der Waals surface area (Å²) in [5.74, 6) is 1.40. The Kier molecular flexibility index (Phi) is 2.33. The van der Waals surface area contributed by atoms with Crippen molar-refractivity contribution in [1.82, 2.24) is 9.78 Å². The zero-order valence-electron chi connectivity index (χ0n) is 8.86. The lowest BCUT2D eigenvalue weighted by Crippen LogP contribution is -2.01. The predicted octanol–water partition coefficient (Wildman–Crippen LogP) is 1.80. The summed E-state index contributed by atoms with van der Waals surface area (Å²) in [6, 6.07) is 9.88. The van der Waals surface area contributed by atoms with E-state index in [1.54, 1.807) is 10.7 Å². The lowest BCUT2D eigenvalue weighted by molar-refractivity contribution is 0.893. The van der Waals surface area contributed by atoms with E-state index in [1.807, 2.05) is 31.3 Å². The molecule has 0 aliphatic heterocycles. The van der Waals surface area contributed by atoms with Crippen molar-refractivity contribution < 1.29 is 0 Å². The van der Waals surface area contributed by atoms with Gasteiger partial charge >= 0.3 is 0 Å². The molecule has 0 bridgehead atoms. The quantitative estimate of drug-likeness (QED) is 0.780. The van der Waals surface area contributed by atoms with Crippen LogP contribution in [0, 0.1) is 6.92 Å². The molecule has 0 aliphatic rings. The smallest absolute Gasteiger partial charge is 0.150 e. The van der Waals surface area contributed by atoms with Crippen LogP contribution >= 0.6 is 0 Å². The van der Waals surface area contributed by atoms with E-state index in [-0.39, 0.29) is 0 Å². The van der Waals surface area contributed by atoms with Crippen molar-refractivity contribution in [1.29, 1.82) is 0 Å². The van der Waals surface area contributed by atoms with E-state index >= 15 is 0 Å². The zero-order chi connectivity index (χ0) is 10.8. The molecule has 0 radical (unpaired) electrons. The second-order valence-electron chi connectivity index (χ2n) is 3.45. The molecule has 4 nitrogen and oxygen atoms in total. The Bertz CT molecular complexity index is 456. The first-order chi connectivity index (χ1) is 7.20. The first-order valence-corrected chi connectivity index (χ1v) is 4.81. The van der Waals surface area contributed by atoms with Gasteiger partial charge in [0.05, 0.1) is 5.69 Å². The molecule has 0 atom stereocenters. The molecule has 0 saturated heterocycles. The summed E-state index contributed by atoms with van der Waals surface area (Å²) in [5, 5.41) is 7.27. The molecule has 1 heterocycles. The lowest BCUT2D eigenvalue weighted by atomic mass is 10.2. The fraction of sp³-hybridized carbons (Fsp3) is 0.182. The van der Waals surface area contributed by atoms with Gasteiger partial charge in [-0.25, -0.2) is 4.68 Å². The molecular weight excluding hydrogens is 188 g/mol. The van der Waals surface area contributed by atoms with Crippen LogP contribution in [-0.4, -0.2) is 16.8 Å². The fourth-order valence-electron chi connectivity index (χ4n) is 1.41. The van der Waals surface area contributed by atoms with Crippen LogP contribution < -0.4 is 11.1 Å². The maximum absolute atomic E-state index is 5.85. The minimum atomic E-state index is 0.628. The van der Waals surface area contributed by atoms with Crippen molar-refractivity contribution >= 4 is 11.6 Å². The summed E-state index contributed by atoms with van der Waals surface area (Å²) in [6.45, 7) is 2.05. The lowest BCUT2D eigenvalue weighted by Gasteiger charge is -2.03. The normalized spacial score (nSPS) is 10.3. The second-order valence-corrected chi connectivity index (χ2v) is 3.45. The highest BCUT2D eigenvalue weighted by atomic mass is 15.3. The molecule has 0 unspecified atom stereocenters. The van der Waals surface area contributed by atoms with Gasteiger partial charge < -0.3 is 11.1 Å². The number of aromatic nitrogens is 2. The minimum absolute atomic E-state index is 0.628. The number of nitrogens with two attached hydrogens (primary N) is 1. The molecule has 78 valence electrons. The summed E-state index contributed by atoms with van der Waals surface area (Å²) < 4.78 is 1.71. The number of hydrogen-bond donors (Lipinski definition) is 2. The Morgan fingerprint density at radius 3 is 2.47 bits per heavy atom. The van der Waals surface area contributed by atoms with Gasteiger partial charge in [0.2, 0.25) is 0 Å². The monoisotopic (exact) mass is 202 g/mol. The van der Waals surface area contributed by atoms with Crippen LogP contribution in [0.25, 0.3) is 5.69 Å². The highest BCUT2D eigenvalue weighted by Crippen LogP contribution is 2.17. The van der Waals surface area contributed by atoms with Crippen LogP contribution in [0.3, 0.4) is 0 Å². The molecule has 0 fully saturated rings. The van der Waals surface area contributed by atoms with Crippen molar-refractivity contribution in [2.24, 2.45) is 0 Å². The van der Waals surface area contributed by atoms with Gasteiger partial charge in [0.15, 0.2) is 0 Å². The largest absolute Gasteiger partial charge is 0.384 e. The van der Waals surface area contributed by atoms with E-state index in [2.05, 4.69) is 17.3 Å².